The highest BCUT2D eigenvalue weighted by Gasteiger charge is 2.62. The third kappa shape index (κ3) is 12.0. The first-order chi connectivity index (χ1) is 14.7. The van der Waals surface area contributed by atoms with Crippen LogP contribution in [0.4, 0.5) is 0 Å². The second kappa shape index (κ2) is 12.2. The fourth-order valence-corrected chi connectivity index (χ4v) is 14.7. The normalized spacial score (nSPS) is 19.6. The molecular formula is C8H24BO19P6. The van der Waals surface area contributed by atoms with E-state index in [4.69, 9.17) is 9.79 Å². The van der Waals surface area contributed by atoms with Crippen molar-refractivity contribution in [3.05, 3.63) is 0 Å². The van der Waals surface area contributed by atoms with Crippen molar-refractivity contribution in [2.45, 2.75) is 29.6 Å². The average molecular weight is 621 g/mol. The van der Waals surface area contributed by atoms with E-state index in [1.54, 1.807) is 0 Å². The minimum atomic E-state index is -6.30. The Hall–Kier alpha value is 0.925. The lowest BCUT2D eigenvalue weighted by Crippen LogP contribution is -2.46. The van der Waals surface area contributed by atoms with Crippen LogP contribution in [0.25, 0.3) is 0 Å². The van der Waals surface area contributed by atoms with Crippen LogP contribution in [0, 0.1) is 0 Å². The molecule has 34 heavy (non-hydrogen) atoms. The molecular weight excluding hydrogens is 597 g/mol. The topological polar surface area (TPSA) is 343 Å². The van der Waals surface area contributed by atoms with Crippen molar-refractivity contribution in [2.75, 3.05) is 18.9 Å². The Bertz CT molecular complexity index is 967. The molecule has 0 rings (SSSR count). The van der Waals surface area contributed by atoms with E-state index in [0.717, 1.165) is 0 Å². The van der Waals surface area contributed by atoms with Gasteiger partial charge in [-0.25, -0.2) is 0 Å². The molecule has 26 heteroatoms. The molecule has 0 spiro atoms. The molecule has 0 aromatic heterocycles. The molecule has 203 valence electrons. The van der Waals surface area contributed by atoms with Crippen molar-refractivity contribution in [3.63, 3.8) is 0 Å². The van der Waals surface area contributed by atoms with Crippen molar-refractivity contribution >= 4 is 53.3 Å². The smallest absolute Gasteiger partial charge is 0.413 e. The van der Waals surface area contributed by atoms with Crippen molar-refractivity contribution in [1.82, 2.24) is 0 Å². The molecule has 5 atom stereocenters. The molecule has 5 unspecified atom stereocenters. The Morgan fingerprint density at radius 3 is 1.24 bits per heavy atom. The van der Waals surface area contributed by atoms with Crippen molar-refractivity contribution in [1.29, 1.82) is 0 Å². The Kier molecular flexibility index (Phi) is 12.5. The highest BCUT2D eigenvalue weighted by molar-refractivity contribution is 7.63. The molecule has 0 aromatic rings. The Morgan fingerprint density at radius 2 is 0.971 bits per heavy atom. The van der Waals surface area contributed by atoms with Crippen LogP contribution in [-0.2, 0) is 36.5 Å². The number of rotatable bonds is 15. The van der Waals surface area contributed by atoms with Gasteiger partial charge in [0.05, 0.1) is 35.0 Å². The molecule has 0 heterocycles. The summed E-state index contributed by atoms with van der Waals surface area (Å²) in [5.41, 5.74) is -13.5. The van der Waals surface area contributed by atoms with Crippen LogP contribution < -0.4 is 0 Å². The summed E-state index contributed by atoms with van der Waals surface area (Å²) in [5, 5.41) is 0. The summed E-state index contributed by atoms with van der Waals surface area (Å²) in [5.74, 6) is 0. The van der Waals surface area contributed by atoms with E-state index in [0.29, 0.717) is 0 Å². The molecule has 11 N–H and O–H groups in total. The lowest BCUT2D eigenvalue weighted by atomic mass is 10.2. The monoisotopic (exact) mass is 621 g/mol. The molecule has 0 saturated carbocycles. The molecule has 0 saturated heterocycles. The molecule has 19 nitrogen and oxygen atoms in total. The highest BCUT2D eigenvalue weighted by atomic mass is 31.2. The van der Waals surface area contributed by atoms with Crippen molar-refractivity contribution < 1.29 is 90.3 Å². The maximum absolute atomic E-state index is 12.2. The van der Waals surface area contributed by atoms with Gasteiger partial charge in [-0.3, -0.25) is 27.4 Å². The van der Waals surface area contributed by atoms with Gasteiger partial charge in [0.15, 0.2) is 0 Å². The molecule has 0 bridgehead atoms. The zero-order valence-electron chi connectivity index (χ0n) is 16.9. The first-order valence-electron chi connectivity index (χ1n) is 8.43. The summed E-state index contributed by atoms with van der Waals surface area (Å²) in [6.07, 6.45) is -4.01. The van der Waals surface area contributed by atoms with Crippen LogP contribution in [0.5, 0.6) is 0 Å². The Balaban J connectivity index is 7.09. The first-order valence-corrected chi connectivity index (χ1v) is 18.7. The third-order valence-corrected chi connectivity index (χ3v) is 13.1. The van der Waals surface area contributed by atoms with E-state index in [9.17, 15) is 71.4 Å². The van der Waals surface area contributed by atoms with Gasteiger partial charge in [0.1, 0.15) is 0 Å². The summed E-state index contributed by atoms with van der Waals surface area (Å²) in [7, 11) is -35.5. The van der Waals surface area contributed by atoms with E-state index < -0.39 is 80.5 Å². The largest absolute Gasteiger partial charge is 0.495 e. The molecule has 1 radical (unpaired) electrons. The average Bonchev–Trinajstić information content (AvgIpc) is 2.51. The fourth-order valence-electron chi connectivity index (χ4n) is 2.82. The van der Waals surface area contributed by atoms with Crippen LogP contribution >= 0.6 is 45.6 Å². The highest BCUT2D eigenvalue weighted by Crippen LogP contribution is 2.68. The SMILES string of the molecule is CCO[B]OP(=O)(O)CC(C(C(C(CP(=O)(O)O)P(=O)(O)O)P(=O)(O)O)P(=O)(O)O)P(=O)(O)O. The Labute approximate surface area is 192 Å². The van der Waals surface area contributed by atoms with Gasteiger partial charge in [0.25, 0.3) is 0 Å². The van der Waals surface area contributed by atoms with Crippen LogP contribution in [0.2, 0.25) is 0 Å². The zero-order valence-corrected chi connectivity index (χ0v) is 22.2. The molecule has 0 amide bonds. The minimum Gasteiger partial charge on any atom is -0.413 e. The van der Waals surface area contributed by atoms with Gasteiger partial charge >= 0.3 is 53.3 Å². The third-order valence-electron chi connectivity index (χ3n) is 4.06. The zero-order chi connectivity index (χ0) is 27.6. The lowest BCUT2D eigenvalue weighted by Gasteiger charge is -2.38. The number of hydrogen-bond acceptors (Lipinski definition) is 8. The minimum absolute atomic E-state index is 0.139. The summed E-state index contributed by atoms with van der Waals surface area (Å²) < 4.78 is 80.4. The van der Waals surface area contributed by atoms with Crippen LogP contribution in [0.15, 0.2) is 0 Å². The van der Waals surface area contributed by atoms with Crippen molar-refractivity contribution in [2.24, 2.45) is 0 Å². The molecule has 0 fully saturated rings. The maximum atomic E-state index is 12.2. The van der Waals surface area contributed by atoms with Crippen molar-refractivity contribution in [3.8, 4) is 0 Å². The second-order valence-electron chi connectivity index (χ2n) is 6.80. The van der Waals surface area contributed by atoms with E-state index in [2.05, 4.69) is 9.10 Å². The summed E-state index contributed by atoms with van der Waals surface area (Å²) in [4.78, 5) is 105. The summed E-state index contributed by atoms with van der Waals surface area (Å²) in [6.45, 7) is 1.23. The summed E-state index contributed by atoms with van der Waals surface area (Å²) in [6, 6.07) is 0. The predicted molar refractivity (Wildman–Crippen MR) is 113 cm³/mol. The van der Waals surface area contributed by atoms with Crippen LogP contribution in [0.3, 0.4) is 0 Å². The van der Waals surface area contributed by atoms with Crippen LogP contribution in [-0.4, -0.2) is 103 Å². The van der Waals surface area contributed by atoms with Crippen LogP contribution in [0.1, 0.15) is 6.92 Å². The van der Waals surface area contributed by atoms with E-state index in [-0.39, 0.29) is 14.3 Å². The maximum Gasteiger partial charge on any atom is 0.495 e. The summed E-state index contributed by atoms with van der Waals surface area (Å²) >= 11 is 0. The van der Waals surface area contributed by atoms with Gasteiger partial charge in [0, 0.05) is 6.61 Å². The molecule has 0 aliphatic rings. The molecule has 0 aromatic carbocycles. The quantitative estimate of drug-likeness (QED) is 0.0541. The van der Waals surface area contributed by atoms with Gasteiger partial charge in [-0.2, -0.15) is 0 Å². The van der Waals surface area contributed by atoms with Gasteiger partial charge in [-0.15, -0.1) is 0 Å². The Morgan fingerprint density at radius 1 is 0.618 bits per heavy atom. The molecule has 0 aliphatic heterocycles. The van der Waals surface area contributed by atoms with Gasteiger partial charge in [0.2, 0.25) is 0 Å². The van der Waals surface area contributed by atoms with E-state index in [1.807, 2.05) is 0 Å². The first kappa shape index (κ1) is 34.9. The predicted octanol–water partition coefficient (Wildman–Crippen LogP) is -1.88. The number of hydrogen-bond donors (Lipinski definition) is 11. The van der Waals surface area contributed by atoms with Gasteiger partial charge < -0.3 is 62.9 Å². The van der Waals surface area contributed by atoms with E-state index in [1.165, 1.54) is 6.92 Å². The van der Waals surface area contributed by atoms with Gasteiger partial charge in [-0.05, 0) is 6.92 Å². The fraction of sp³-hybridized carbons (Fsp3) is 1.00. The van der Waals surface area contributed by atoms with Gasteiger partial charge in [-0.1, -0.05) is 0 Å². The molecule has 0 aliphatic carbocycles. The standard InChI is InChI=1S/C8H24BO19P6/c1-2-27-9-28-30(13,14)4-6(32(18,19)20)8(34(24,25)26)7(33(21,22)23)5(31(15,16)17)3-29(10,11)12/h5-8H,2-4H2,1H3,(H,13,14)(H2,10,11,12)(H2,15,16,17)(H2,18,19,20)(H2,21,22,23)(H2,24,25,26). The van der Waals surface area contributed by atoms with E-state index >= 15 is 0 Å². The lowest BCUT2D eigenvalue weighted by molar-refractivity contribution is 0.282. The second-order valence-corrected chi connectivity index (χ2v) is 17.6.